The van der Waals surface area contributed by atoms with Crippen LogP contribution in [-0.4, -0.2) is 42.2 Å². The van der Waals surface area contributed by atoms with E-state index in [4.69, 9.17) is 9.97 Å². The van der Waals surface area contributed by atoms with E-state index in [-0.39, 0.29) is 5.92 Å². The highest BCUT2D eigenvalue weighted by molar-refractivity contribution is 5.66. The summed E-state index contributed by atoms with van der Waals surface area (Å²) in [6.45, 7) is 4.80. The molecule has 1 aliphatic heterocycles. The van der Waals surface area contributed by atoms with E-state index in [0.717, 1.165) is 39.7 Å². The number of hydrogen-bond donors (Lipinski definition) is 2. The maximum absolute atomic E-state index is 11.6. The number of nitrogens with zero attached hydrogens (tertiary/aromatic N) is 5. The Morgan fingerprint density at radius 1 is 1.09 bits per heavy atom. The van der Waals surface area contributed by atoms with Gasteiger partial charge in [0, 0.05) is 48.2 Å². The van der Waals surface area contributed by atoms with Crippen LogP contribution in [0.3, 0.4) is 0 Å². The number of rotatable bonds is 5. The van der Waals surface area contributed by atoms with Gasteiger partial charge in [-0.1, -0.05) is 37.3 Å². The van der Waals surface area contributed by atoms with Crippen LogP contribution in [0, 0.1) is 6.92 Å². The van der Waals surface area contributed by atoms with Crippen LogP contribution < -0.4 is 5.32 Å². The number of amides is 1. The van der Waals surface area contributed by atoms with Crippen molar-refractivity contribution in [1.29, 1.82) is 0 Å². The number of anilines is 2. The number of carbonyl (C=O) groups is 1. The molecule has 2 aromatic heterocycles. The zero-order chi connectivity index (χ0) is 23.7. The Morgan fingerprint density at radius 2 is 1.85 bits per heavy atom. The van der Waals surface area contributed by atoms with Crippen molar-refractivity contribution in [2.24, 2.45) is 0 Å². The topological polar surface area (TPSA) is 96.2 Å². The van der Waals surface area contributed by atoms with Crippen molar-refractivity contribution in [2.45, 2.75) is 32.7 Å². The second kappa shape index (κ2) is 8.97. The molecule has 5 rings (SSSR count). The first-order valence-electron chi connectivity index (χ1n) is 11.3. The van der Waals surface area contributed by atoms with Gasteiger partial charge in [0.05, 0.1) is 17.9 Å². The summed E-state index contributed by atoms with van der Waals surface area (Å²) < 4.78 is 2.02. The molecule has 0 radical (unpaired) electrons. The Morgan fingerprint density at radius 3 is 2.53 bits per heavy atom. The van der Waals surface area contributed by atoms with E-state index < -0.39 is 6.09 Å². The number of hydrogen-bond acceptors (Lipinski definition) is 5. The average Bonchev–Trinajstić information content (AvgIpc) is 3.29. The van der Waals surface area contributed by atoms with Crippen LogP contribution in [0.15, 0.2) is 67.0 Å². The Labute approximate surface area is 197 Å². The third kappa shape index (κ3) is 4.22. The zero-order valence-corrected chi connectivity index (χ0v) is 19.1. The van der Waals surface area contributed by atoms with E-state index in [1.165, 1.54) is 4.90 Å². The van der Waals surface area contributed by atoms with Gasteiger partial charge in [-0.3, -0.25) is 0 Å². The molecule has 34 heavy (non-hydrogen) atoms. The standard InChI is InChI=1S/C26H26N6O2/c1-17(19-6-4-3-5-7-19)24-22-16-31(26(33)34)14-12-23(22)29-25(30-24)28-20-8-10-21(11-9-20)32-15-13-27-18(32)2/h3-11,13,15,17H,12,14,16H2,1-2H3,(H,33,34)(H,28,29,30). The summed E-state index contributed by atoms with van der Waals surface area (Å²) in [5.41, 5.74) is 5.69. The Bertz CT molecular complexity index is 1320. The van der Waals surface area contributed by atoms with Crippen LogP contribution in [0.4, 0.5) is 16.4 Å². The molecule has 1 unspecified atom stereocenters. The van der Waals surface area contributed by atoms with Gasteiger partial charge in [-0.2, -0.15) is 0 Å². The molecule has 8 heteroatoms. The Kier molecular flexibility index (Phi) is 5.71. The number of aryl methyl sites for hydroxylation is 1. The number of benzene rings is 2. The number of carboxylic acid groups (broad SMARTS) is 1. The second-order valence-corrected chi connectivity index (χ2v) is 8.46. The van der Waals surface area contributed by atoms with Gasteiger partial charge < -0.3 is 19.9 Å². The number of nitrogens with one attached hydrogen (secondary N) is 1. The van der Waals surface area contributed by atoms with Gasteiger partial charge in [-0.05, 0) is 36.8 Å². The van der Waals surface area contributed by atoms with Crippen molar-refractivity contribution < 1.29 is 9.90 Å². The molecule has 2 N–H and O–H groups in total. The van der Waals surface area contributed by atoms with Crippen LogP contribution in [0.25, 0.3) is 5.69 Å². The highest BCUT2D eigenvalue weighted by Crippen LogP contribution is 2.31. The smallest absolute Gasteiger partial charge is 0.407 e. The molecule has 0 saturated carbocycles. The second-order valence-electron chi connectivity index (χ2n) is 8.46. The summed E-state index contributed by atoms with van der Waals surface area (Å²) in [7, 11) is 0. The van der Waals surface area contributed by atoms with Gasteiger partial charge in [0.2, 0.25) is 5.95 Å². The van der Waals surface area contributed by atoms with Gasteiger partial charge >= 0.3 is 6.09 Å². The molecule has 1 aliphatic rings. The SMILES string of the molecule is Cc1nccn1-c1ccc(Nc2nc3c(c(C(C)c4ccccc4)n2)CN(C(=O)O)CC3)cc1. The van der Waals surface area contributed by atoms with Crippen molar-refractivity contribution >= 4 is 17.7 Å². The molecule has 0 aliphatic carbocycles. The average molecular weight is 455 g/mol. The van der Waals surface area contributed by atoms with Gasteiger partial charge in [0.1, 0.15) is 5.82 Å². The molecule has 2 aromatic carbocycles. The van der Waals surface area contributed by atoms with Crippen LogP contribution in [0.5, 0.6) is 0 Å². The predicted molar refractivity (Wildman–Crippen MR) is 130 cm³/mol. The fourth-order valence-electron chi connectivity index (χ4n) is 4.40. The summed E-state index contributed by atoms with van der Waals surface area (Å²) in [6, 6.07) is 18.2. The van der Waals surface area contributed by atoms with E-state index in [9.17, 15) is 9.90 Å². The molecule has 1 amide bonds. The highest BCUT2D eigenvalue weighted by atomic mass is 16.4. The van der Waals surface area contributed by atoms with Crippen LogP contribution in [0.1, 0.15) is 41.2 Å². The molecule has 1 atom stereocenters. The van der Waals surface area contributed by atoms with E-state index in [2.05, 4.69) is 29.4 Å². The maximum Gasteiger partial charge on any atom is 0.407 e. The summed E-state index contributed by atoms with van der Waals surface area (Å²) >= 11 is 0. The van der Waals surface area contributed by atoms with Crippen molar-refractivity contribution in [3.63, 3.8) is 0 Å². The zero-order valence-electron chi connectivity index (χ0n) is 19.1. The third-order valence-corrected chi connectivity index (χ3v) is 6.30. The lowest BCUT2D eigenvalue weighted by molar-refractivity contribution is 0.139. The van der Waals surface area contributed by atoms with Crippen LogP contribution in [-0.2, 0) is 13.0 Å². The lowest BCUT2D eigenvalue weighted by Crippen LogP contribution is -2.36. The van der Waals surface area contributed by atoms with Crippen LogP contribution >= 0.6 is 0 Å². The number of imidazole rings is 1. The Hall–Kier alpha value is -4.20. The fraction of sp³-hybridized carbons (Fsp3) is 0.231. The molecule has 0 bridgehead atoms. The summed E-state index contributed by atoms with van der Waals surface area (Å²) in [6.07, 6.45) is 3.36. The van der Waals surface area contributed by atoms with Crippen molar-refractivity contribution in [2.75, 3.05) is 11.9 Å². The largest absolute Gasteiger partial charge is 0.465 e. The van der Waals surface area contributed by atoms with Gasteiger partial charge in [-0.15, -0.1) is 0 Å². The van der Waals surface area contributed by atoms with E-state index in [0.29, 0.717) is 25.5 Å². The molecule has 0 saturated heterocycles. The first-order chi connectivity index (χ1) is 16.5. The van der Waals surface area contributed by atoms with Crippen molar-refractivity contribution in [3.8, 4) is 5.69 Å². The molecule has 8 nitrogen and oxygen atoms in total. The summed E-state index contributed by atoms with van der Waals surface area (Å²) in [4.78, 5) is 27.0. The quantitative estimate of drug-likeness (QED) is 0.445. The fourth-order valence-corrected chi connectivity index (χ4v) is 4.40. The van der Waals surface area contributed by atoms with Crippen molar-refractivity contribution in [3.05, 3.63) is 95.3 Å². The highest BCUT2D eigenvalue weighted by Gasteiger charge is 2.27. The summed E-state index contributed by atoms with van der Waals surface area (Å²) in [5, 5.41) is 12.9. The lowest BCUT2D eigenvalue weighted by atomic mass is 9.91. The summed E-state index contributed by atoms with van der Waals surface area (Å²) in [5.74, 6) is 1.44. The minimum Gasteiger partial charge on any atom is -0.465 e. The van der Waals surface area contributed by atoms with Gasteiger partial charge in [0.25, 0.3) is 0 Å². The van der Waals surface area contributed by atoms with E-state index in [1.54, 1.807) is 6.20 Å². The predicted octanol–water partition coefficient (Wildman–Crippen LogP) is 4.90. The normalized spacial score (nSPS) is 13.9. The van der Waals surface area contributed by atoms with Crippen molar-refractivity contribution in [1.82, 2.24) is 24.4 Å². The molecule has 3 heterocycles. The third-order valence-electron chi connectivity index (χ3n) is 6.30. The first kappa shape index (κ1) is 21.6. The molecular formula is C26H26N6O2. The maximum atomic E-state index is 11.6. The van der Waals surface area contributed by atoms with Crippen LogP contribution in [0.2, 0.25) is 0 Å². The molecule has 0 fully saturated rings. The van der Waals surface area contributed by atoms with Gasteiger partial charge in [0.15, 0.2) is 0 Å². The van der Waals surface area contributed by atoms with E-state index >= 15 is 0 Å². The van der Waals surface area contributed by atoms with E-state index in [1.807, 2.05) is 60.2 Å². The molecule has 4 aromatic rings. The first-order valence-corrected chi connectivity index (χ1v) is 11.3. The molecule has 172 valence electrons. The number of fused-ring (bicyclic) bond motifs is 1. The minimum atomic E-state index is -0.917. The number of aromatic nitrogens is 4. The monoisotopic (exact) mass is 454 g/mol. The lowest BCUT2D eigenvalue weighted by Gasteiger charge is -2.29. The molecular weight excluding hydrogens is 428 g/mol. The molecule has 0 spiro atoms. The minimum absolute atomic E-state index is 0.00108. The van der Waals surface area contributed by atoms with Gasteiger partial charge in [-0.25, -0.2) is 19.7 Å². The Balaban J connectivity index is 1.48.